The minimum atomic E-state index is -0.341. The Morgan fingerprint density at radius 2 is 2.00 bits per heavy atom. The van der Waals surface area contributed by atoms with E-state index >= 15 is 0 Å². The maximum Gasteiger partial charge on any atom is 0.114 e. The van der Waals surface area contributed by atoms with Crippen molar-refractivity contribution in [2.75, 3.05) is 26.7 Å². The molecule has 0 N–H and O–H groups in total. The second-order valence-electron chi connectivity index (χ2n) is 7.64. The number of likely N-dealkylation sites (tertiary alicyclic amines) is 1. The van der Waals surface area contributed by atoms with Crippen molar-refractivity contribution < 1.29 is 4.74 Å². The van der Waals surface area contributed by atoms with E-state index in [4.69, 9.17) is 4.74 Å². The van der Waals surface area contributed by atoms with Gasteiger partial charge >= 0.3 is 0 Å². The zero-order valence-electron chi connectivity index (χ0n) is 14.5. The number of nitriles is 1. The molecule has 0 radical (unpaired) electrons. The fourth-order valence-corrected chi connectivity index (χ4v) is 3.86. The van der Waals surface area contributed by atoms with Crippen molar-refractivity contribution in [1.82, 2.24) is 9.80 Å². The summed E-state index contributed by atoms with van der Waals surface area (Å²) in [7, 11) is 2.18. The monoisotopic (exact) mass is 313 g/mol. The Hall–Kier alpha value is -1.41. The smallest absolute Gasteiger partial charge is 0.114 e. The Kier molecular flexibility index (Phi) is 4.46. The summed E-state index contributed by atoms with van der Waals surface area (Å²) in [6, 6.07) is 13.7. The zero-order chi connectivity index (χ0) is 16.5. The molecule has 2 heterocycles. The van der Waals surface area contributed by atoms with Crippen molar-refractivity contribution in [2.45, 2.75) is 50.4 Å². The maximum atomic E-state index is 9.81. The molecule has 124 valence electrons. The van der Waals surface area contributed by atoms with Gasteiger partial charge in [-0.3, -0.25) is 9.80 Å². The maximum absolute atomic E-state index is 9.81. The molecule has 1 aromatic carbocycles. The van der Waals surface area contributed by atoms with E-state index in [1.165, 1.54) is 5.56 Å². The van der Waals surface area contributed by atoms with Gasteiger partial charge in [0.25, 0.3) is 0 Å². The van der Waals surface area contributed by atoms with Crippen molar-refractivity contribution in [3.8, 4) is 6.07 Å². The van der Waals surface area contributed by atoms with Gasteiger partial charge in [0.1, 0.15) is 5.54 Å². The minimum Gasteiger partial charge on any atom is -0.375 e. The van der Waals surface area contributed by atoms with Gasteiger partial charge in [-0.05, 0) is 26.5 Å². The average molecular weight is 313 g/mol. The summed E-state index contributed by atoms with van der Waals surface area (Å²) in [5.41, 5.74) is 0.802. The van der Waals surface area contributed by atoms with E-state index in [2.05, 4.69) is 67.1 Å². The average Bonchev–Trinajstić information content (AvgIpc) is 2.45. The molecular formula is C19H27N3O. The summed E-state index contributed by atoms with van der Waals surface area (Å²) in [6.07, 6.45) is 1.62. The van der Waals surface area contributed by atoms with Gasteiger partial charge in [-0.1, -0.05) is 30.3 Å². The number of rotatable bonds is 4. The fourth-order valence-electron chi connectivity index (χ4n) is 3.86. The highest BCUT2D eigenvalue weighted by Gasteiger charge is 2.50. The normalized spacial score (nSPS) is 28.3. The van der Waals surface area contributed by atoms with Crippen LogP contribution in [0.2, 0.25) is 0 Å². The molecule has 1 unspecified atom stereocenters. The first kappa shape index (κ1) is 16.4. The van der Waals surface area contributed by atoms with Crippen LogP contribution >= 0.6 is 0 Å². The van der Waals surface area contributed by atoms with Gasteiger partial charge in [-0.2, -0.15) is 5.26 Å². The minimum absolute atomic E-state index is 0.199. The van der Waals surface area contributed by atoms with Crippen LogP contribution in [-0.4, -0.2) is 53.7 Å². The lowest BCUT2D eigenvalue weighted by molar-refractivity contribution is -0.127. The fraction of sp³-hybridized carbons (Fsp3) is 0.632. The molecule has 0 bridgehead atoms. The topological polar surface area (TPSA) is 39.5 Å². The molecule has 4 heteroatoms. The van der Waals surface area contributed by atoms with Gasteiger partial charge in [0, 0.05) is 38.5 Å². The number of benzene rings is 1. The van der Waals surface area contributed by atoms with E-state index in [0.29, 0.717) is 12.6 Å². The summed E-state index contributed by atoms with van der Waals surface area (Å²) in [5.74, 6) is 0. The number of hydrogen-bond donors (Lipinski definition) is 0. The second-order valence-corrected chi connectivity index (χ2v) is 7.64. The van der Waals surface area contributed by atoms with Gasteiger partial charge in [0.15, 0.2) is 0 Å². The molecule has 0 aromatic heterocycles. The van der Waals surface area contributed by atoms with E-state index in [9.17, 15) is 5.26 Å². The number of nitrogens with zero attached hydrogens (tertiary/aromatic N) is 3. The Labute approximate surface area is 139 Å². The molecule has 1 aromatic rings. The van der Waals surface area contributed by atoms with Crippen LogP contribution < -0.4 is 0 Å². The van der Waals surface area contributed by atoms with Crippen LogP contribution in [0.4, 0.5) is 0 Å². The SMILES string of the molecule is CN(Cc1ccccc1)C1CN(C2(C#N)CCOC(C)(C)C2)C1. The molecule has 2 aliphatic rings. The zero-order valence-corrected chi connectivity index (χ0v) is 14.5. The third kappa shape index (κ3) is 3.42. The molecule has 0 spiro atoms. The largest absolute Gasteiger partial charge is 0.375 e. The molecule has 2 saturated heterocycles. The van der Waals surface area contributed by atoms with E-state index < -0.39 is 0 Å². The first-order valence-corrected chi connectivity index (χ1v) is 8.49. The van der Waals surface area contributed by atoms with E-state index in [0.717, 1.165) is 32.5 Å². The van der Waals surface area contributed by atoms with E-state index in [1.54, 1.807) is 0 Å². The van der Waals surface area contributed by atoms with E-state index in [1.807, 2.05) is 0 Å². The van der Waals surface area contributed by atoms with E-state index in [-0.39, 0.29) is 11.1 Å². The molecule has 0 amide bonds. The predicted molar refractivity (Wildman–Crippen MR) is 90.9 cm³/mol. The quantitative estimate of drug-likeness (QED) is 0.857. The van der Waals surface area contributed by atoms with Gasteiger partial charge in [0.05, 0.1) is 18.3 Å². The van der Waals surface area contributed by atoms with Gasteiger partial charge < -0.3 is 4.74 Å². The standard InChI is InChI=1S/C19H27N3O/c1-18(2)14-19(15-20,9-10-23-18)22-12-17(13-22)21(3)11-16-7-5-4-6-8-16/h4-8,17H,9-14H2,1-3H3. The number of likely N-dealkylation sites (N-methyl/N-ethyl adjacent to an activating group) is 1. The summed E-state index contributed by atoms with van der Waals surface area (Å²) in [5, 5.41) is 9.81. The summed E-state index contributed by atoms with van der Waals surface area (Å²) in [6.45, 7) is 7.79. The third-order valence-electron chi connectivity index (χ3n) is 5.30. The van der Waals surface area contributed by atoms with Crippen molar-refractivity contribution in [3.63, 3.8) is 0 Å². The molecule has 0 saturated carbocycles. The van der Waals surface area contributed by atoms with Crippen LogP contribution in [0.1, 0.15) is 32.3 Å². The number of hydrogen-bond acceptors (Lipinski definition) is 4. The molecule has 2 aliphatic heterocycles. The van der Waals surface area contributed by atoms with Crippen LogP contribution in [-0.2, 0) is 11.3 Å². The highest BCUT2D eigenvalue weighted by atomic mass is 16.5. The van der Waals surface area contributed by atoms with Gasteiger partial charge in [-0.15, -0.1) is 0 Å². The van der Waals surface area contributed by atoms with Crippen molar-refractivity contribution >= 4 is 0 Å². The molecule has 2 fully saturated rings. The number of ether oxygens (including phenoxy) is 1. The van der Waals surface area contributed by atoms with Crippen LogP contribution in [0, 0.1) is 11.3 Å². The van der Waals surface area contributed by atoms with Crippen molar-refractivity contribution in [1.29, 1.82) is 5.26 Å². The first-order chi connectivity index (χ1) is 10.9. The summed E-state index contributed by atoms with van der Waals surface area (Å²) < 4.78 is 5.81. The van der Waals surface area contributed by atoms with Crippen LogP contribution in [0.25, 0.3) is 0 Å². The lowest BCUT2D eigenvalue weighted by atomic mass is 9.78. The lowest BCUT2D eigenvalue weighted by Gasteiger charge is -2.54. The Morgan fingerprint density at radius 1 is 1.30 bits per heavy atom. The molecule has 4 nitrogen and oxygen atoms in total. The van der Waals surface area contributed by atoms with Gasteiger partial charge in [0.2, 0.25) is 0 Å². The lowest BCUT2D eigenvalue weighted by Crippen LogP contribution is -2.68. The third-order valence-corrected chi connectivity index (χ3v) is 5.30. The van der Waals surface area contributed by atoms with Crippen molar-refractivity contribution in [2.24, 2.45) is 0 Å². The molecular weight excluding hydrogens is 286 g/mol. The summed E-state index contributed by atoms with van der Waals surface area (Å²) in [4.78, 5) is 4.77. The Bertz CT molecular complexity index is 574. The Morgan fingerprint density at radius 3 is 2.61 bits per heavy atom. The molecule has 1 atom stereocenters. The molecule has 23 heavy (non-hydrogen) atoms. The Balaban J connectivity index is 1.58. The van der Waals surface area contributed by atoms with Crippen LogP contribution in [0.5, 0.6) is 0 Å². The predicted octanol–water partition coefficient (Wildman–Crippen LogP) is 2.65. The second kappa shape index (κ2) is 6.24. The molecule has 0 aliphatic carbocycles. The molecule has 3 rings (SSSR count). The van der Waals surface area contributed by atoms with Crippen LogP contribution in [0.15, 0.2) is 30.3 Å². The first-order valence-electron chi connectivity index (χ1n) is 8.49. The highest BCUT2D eigenvalue weighted by Crippen LogP contribution is 2.39. The summed E-state index contributed by atoms with van der Waals surface area (Å²) >= 11 is 0. The van der Waals surface area contributed by atoms with Gasteiger partial charge in [-0.25, -0.2) is 0 Å². The highest BCUT2D eigenvalue weighted by molar-refractivity contribution is 5.17. The van der Waals surface area contributed by atoms with Crippen LogP contribution in [0.3, 0.4) is 0 Å². The van der Waals surface area contributed by atoms with Crippen molar-refractivity contribution in [3.05, 3.63) is 35.9 Å².